The summed E-state index contributed by atoms with van der Waals surface area (Å²) in [5.41, 5.74) is 2.84. The van der Waals surface area contributed by atoms with Gasteiger partial charge in [-0.1, -0.05) is 54.2 Å². The number of nitrogens with zero attached hydrogens (tertiary/aromatic N) is 1. The molecule has 0 unspecified atom stereocenters. The van der Waals surface area contributed by atoms with Crippen molar-refractivity contribution in [2.24, 2.45) is 0 Å². The fourth-order valence-corrected chi connectivity index (χ4v) is 3.18. The average molecular weight is 355 g/mol. The Morgan fingerprint density at radius 2 is 1.68 bits per heavy atom. The van der Waals surface area contributed by atoms with E-state index in [2.05, 4.69) is 10.6 Å². The molecule has 0 spiro atoms. The monoisotopic (exact) mass is 355 g/mol. The van der Waals surface area contributed by atoms with Gasteiger partial charge in [-0.2, -0.15) is 0 Å². The third-order valence-corrected chi connectivity index (χ3v) is 4.57. The van der Waals surface area contributed by atoms with Crippen LogP contribution in [0.1, 0.15) is 0 Å². The molecule has 0 aliphatic carbocycles. The number of benzene rings is 2. The Bertz CT molecular complexity index is 762. The van der Waals surface area contributed by atoms with Gasteiger partial charge in [-0.3, -0.25) is 14.5 Å². The minimum Gasteiger partial charge on any atom is -0.336 e. The Morgan fingerprint density at radius 3 is 2.32 bits per heavy atom. The van der Waals surface area contributed by atoms with Gasteiger partial charge in [-0.25, -0.2) is 4.79 Å². The summed E-state index contributed by atoms with van der Waals surface area (Å²) in [6, 6.07) is 17.1. The molecular formula is C18H17N3O3S. The highest BCUT2D eigenvalue weighted by atomic mass is 32.2. The van der Waals surface area contributed by atoms with Crippen molar-refractivity contribution in [3.8, 4) is 11.1 Å². The molecule has 0 radical (unpaired) electrons. The van der Waals surface area contributed by atoms with Crippen molar-refractivity contribution >= 4 is 34.6 Å². The number of thioether (sulfide) groups is 1. The molecule has 0 atom stereocenters. The van der Waals surface area contributed by atoms with Crippen LogP contribution in [0.15, 0.2) is 54.6 Å². The highest BCUT2D eigenvalue weighted by Gasteiger charge is 2.29. The normalized spacial score (nSPS) is 13.8. The number of anilines is 1. The van der Waals surface area contributed by atoms with Crippen molar-refractivity contribution in [1.29, 1.82) is 0 Å². The second-order valence-corrected chi connectivity index (χ2v) is 6.35. The van der Waals surface area contributed by atoms with Gasteiger partial charge in [-0.15, -0.1) is 0 Å². The number of carbonyl (C=O) groups is 3. The molecular weight excluding hydrogens is 338 g/mol. The maximum Gasteiger partial charge on any atom is 0.319 e. The van der Waals surface area contributed by atoms with Gasteiger partial charge >= 0.3 is 6.03 Å². The van der Waals surface area contributed by atoms with E-state index in [4.69, 9.17) is 0 Å². The number of carbonyl (C=O) groups excluding carboxylic acids is 3. The Labute approximate surface area is 149 Å². The summed E-state index contributed by atoms with van der Waals surface area (Å²) in [7, 11) is 0. The molecule has 0 saturated carbocycles. The Hall–Kier alpha value is -2.80. The van der Waals surface area contributed by atoms with Crippen LogP contribution < -0.4 is 10.6 Å². The first-order valence-electron chi connectivity index (χ1n) is 7.81. The zero-order valence-electron chi connectivity index (χ0n) is 13.4. The van der Waals surface area contributed by atoms with Gasteiger partial charge in [0.1, 0.15) is 0 Å². The summed E-state index contributed by atoms with van der Waals surface area (Å²) in [6.45, 7) is 0.400. The maximum atomic E-state index is 11.9. The van der Waals surface area contributed by atoms with Crippen molar-refractivity contribution in [3.05, 3.63) is 54.6 Å². The van der Waals surface area contributed by atoms with Crippen molar-refractivity contribution in [1.82, 2.24) is 10.2 Å². The van der Waals surface area contributed by atoms with E-state index in [0.29, 0.717) is 5.69 Å². The summed E-state index contributed by atoms with van der Waals surface area (Å²) in [5, 5.41) is 5.10. The largest absolute Gasteiger partial charge is 0.336 e. The Morgan fingerprint density at radius 1 is 1.00 bits per heavy atom. The molecule has 0 aromatic heterocycles. The number of nitrogens with one attached hydrogen (secondary N) is 2. The first-order chi connectivity index (χ1) is 12.1. The Balaban J connectivity index is 1.48. The Kier molecular flexibility index (Phi) is 5.35. The number of rotatable bonds is 5. The number of hydrogen-bond acceptors (Lipinski definition) is 4. The molecule has 1 saturated heterocycles. The van der Waals surface area contributed by atoms with Gasteiger partial charge in [0.05, 0.1) is 5.75 Å². The third-order valence-electron chi connectivity index (χ3n) is 3.71. The van der Waals surface area contributed by atoms with Crippen LogP contribution in [0.5, 0.6) is 0 Å². The summed E-state index contributed by atoms with van der Waals surface area (Å²) in [5.74, 6) is -0.0348. The standard InChI is InChI=1S/C18H17N3O3S/c22-16-12-25-18(24)21(16)11-10-19-17(23)20-15-8-6-14(7-9-15)13-4-2-1-3-5-13/h1-9H,10-12H2,(H2,19,20,23). The van der Waals surface area contributed by atoms with E-state index in [1.54, 1.807) is 0 Å². The summed E-state index contributed by atoms with van der Waals surface area (Å²) in [6.07, 6.45) is 0. The SMILES string of the molecule is O=C(NCCN1C(=O)CSC1=O)Nc1ccc(-c2ccccc2)cc1. The lowest BCUT2D eigenvalue weighted by Crippen LogP contribution is -2.38. The van der Waals surface area contributed by atoms with E-state index in [9.17, 15) is 14.4 Å². The van der Waals surface area contributed by atoms with Crippen LogP contribution in [-0.2, 0) is 4.79 Å². The van der Waals surface area contributed by atoms with Crippen LogP contribution in [0.25, 0.3) is 11.1 Å². The molecule has 1 fully saturated rings. The zero-order valence-corrected chi connectivity index (χ0v) is 14.2. The van der Waals surface area contributed by atoms with Gasteiger partial charge in [0.25, 0.3) is 5.24 Å². The van der Waals surface area contributed by atoms with Gasteiger partial charge in [-0.05, 0) is 23.3 Å². The van der Waals surface area contributed by atoms with Crippen LogP contribution in [0, 0.1) is 0 Å². The molecule has 1 aliphatic heterocycles. The molecule has 2 N–H and O–H groups in total. The fraction of sp³-hybridized carbons (Fsp3) is 0.167. The quantitative estimate of drug-likeness (QED) is 0.863. The fourth-order valence-electron chi connectivity index (χ4n) is 2.43. The van der Waals surface area contributed by atoms with Gasteiger partial charge in [0.2, 0.25) is 5.91 Å². The lowest BCUT2D eigenvalue weighted by atomic mass is 10.1. The molecule has 2 aromatic rings. The second-order valence-electron chi connectivity index (χ2n) is 5.42. The topological polar surface area (TPSA) is 78.5 Å². The molecule has 6 nitrogen and oxygen atoms in total. The smallest absolute Gasteiger partial charge is 0.319 e. The van der Waals surface area contributed by atoms with Crippen LogP contribution in [0.3, 0.4) is 0 Å². The van der Waals surface area contributed by atoms with Crippen molar-refractivity contribution < 1.29 is 14.4 Å². The predicted molar refractivity (Wildman–Crippen MR) is 98.5 cm³/mol. The summed E-state index contributed by atoms with van der Waals surface area (Å²) in [4.78, 5) is 35.9. The number of urea groups is 1. The summed E-state index contributed by atoms with van der Waals surface area (Å²) >= 11 is 0.984. The van der Waals surface area contributed by atoms with Gasteiger partial charge < -0.3 is 10.6 Å². The van der Waals surface area contributed by atoms with Crippen LogP contribution in [-0.4, -0.2) is 40.9 Å². The van der Waals surface area contributed by atoms with Crippen molar-refractivity contribution in [2.45, 2.75) is 0 Å². The van der Waals surface area contributed by atoms with E-state index < -0.39 is 0 Å². The molecule has 0 bridgehead atoms. The lowest BCUT2D eigenvalue weighted by Gasteiger charge is -2.13. The zero-order chi connectivity index (χ0) is 17.6. The van der Waals surface area contributed by atoms with Gasteiger partial charge in [0.15, 0.2) is 0 Å². The first kappa shape index (κ1) is 17.0. The molecule has 3 rings (SSSR count). The maximum absolute atomic E-state index is 11.9. The molecule has 4 amide bonds. The highest BCUT2D eigenvalue weighted by Crippen LogP contribution is 2.21. The molecule has 128 valence electrons. The molecule has 25 heavy (non-hydrogen) atoms. The van der Waals surface area contributed by atoms with Crippen LogP contribution in [0.2, 0.25) is 0 Å². The van der Waals surface area contributed by atoms with E-state index in [1.807, 2.05) is 54.6 Å². The number of imide groups is 1. The van der Waals surface area contributed by atoms with E-state index >= 15 is 0 Å². The number of hydrogen-bond donors (Lipinski definition) is 2. The van der Waals surface area contributed by atoms with Crippen molar-refractivity contribution in [2.75, 3.05) is 24.2 Å². The van der Waals surface area contributed by atoms with Crippen molar-refractivity contribution in [3.63, 3.8) is 0 Å². The molecule has 1 heterocycles. The second kappa shape index (κ2) is 7.85. The van der Waals surface area contributed by atoms with E-state index in [1.165, 1.54) is 0 Å². The van der Waals surface area contributed by atoms with E-state index in [-0.39, 0.29) is 36.0 Å². The van der Waals surface area contributed by atoms with Crippen LogP contribution >= 0.6 is 11.8 Å². The highest BCUT2D eigenvalue weighted by molar-refractivity contribution is 8.14. The third kappa shape index (κ3) is 4.39. The molecule has 7 heteroatoms. The average Bonchev–Trinajstić information content (AvgIpc) is 2.95. The molecule has 1 aliphatic rings. The molecule has 2 aromatic carbocycles. The predicted octanol–water partition coefficient (Wildman–Crippen LogP) is 3.17. The lowest BCUT2D eigenvalue weighted by molar-refractivity contribution is -0.124. The summed E-state index contributed by atoms with van der Waals surface area (Å²) < 4.78 is 0. The minimum absolute atomic E-state index is 0.179. The minimum atomic E-state index is -0.376. The number of amides is 4. The van der Waals surface area contributed by atoms with E-state index in [0.717, 1.165) is 27.8 Å². The van der Waals surface area contributed by atoms with Gasteiger partial charge in [0, 0.05) is 18.8 Å². The first-order valence-corrected chi connectivity index (χ1v) is 8.79. The van der Waals surface area contributed by atoms with Crippen LogP contribution in [0.4, 0.5) is 15.3 Å².